The van der Waals surface area contributed by atoms with Gasteiger partial charge in [-0.05, 0) is 41.0 Å². The number of rotatable bonds is 4. The molecule has 1 unspecified atom stereocenters. The second-order valence-corrected chi connectivity index (χ2v) is 8.29. The largest absolute Gasteiger partial charge is 0.289 e. The summed E-state index contributed by atoms with van der Waals surface area (Å²) in [5.41, 5.74) is 4.42. The number of para-hydroxylation sites is 1. The molecule has 0 saturated carbocycles. The van der Waals surface area contributed by atoms with E-state index >= 15 is 0 Å². The molecule has 0 spiro atoms. The molecule has 3 aromatic rings. The van der Waals surface area contributed by atoms with Crippen molar-refractivity contribution in [2.24, 2.45) is 0 Å². The van der Waals surface area contributed by atoms with E-state index in [4.69, 9.17) is 5.21 Å². The summed E-state index contributed by atoms with van der Waals surface area (Å²) in [7, 11) is -3.83. The quantitative estimate of drug-likeness (QED) is 0.524. The number of nitrogens with zero attached hydrogens (tertiary/aromatic N) is 1. The highest BCUT2D eigenvalue weighted by Crippen LogP contribution is 2.45. The zero-order chi connectivity index (χ0) is 19.7. The minimum Gasteiger partial charge on any atom is -0.289 e. The van der Waals surface area contributed by atoms with Crippen LogP contribution in [0.15, 0.2) is 83.8 Å². The highest BCUT2D eigenvalue weighted by molar-refractivity contribution is 7.93. The fourth-order valence-corrected chi connectivity index (χ4v) is 5.43. The van der Waals surface area contributed by atoms with Crippen LogP contribution in [-0.4, -0.2) is 19.5 Å². The van der Waals surface area contributed by atoms with Crippen molar-refractivity contribution < 1.29 is 18.4 Å². The Kier molecular flexibility index (Phi) is 4.62. The number of fused-ring (bicyclic) bond motifs is 1. The lowest BCUT2D eigenvalue weighted by Crippen LogP contribution is -2.32. The standard InChI is InChI=1S/C21H18N2O4S/c24-21(22-25)14-19-18-13-16(15-7-3-1-4-8-15)11-12-20(18)28(26,27)23(19)17-9-5-2-6-10-17/h1-13,19,25H,14H2,(H,22,24). The van der Waals surface area contributed by atoms with Crippen LogP contribution in [0.4, 0.5) is 5.69 Å². The van der Waals surface area contributed by atoms with Gasteiger partial charge in [0.15, 0.2) is 0 Å². The average molecular weight is 394 g/mol. The van der Waals surface area contributed by atoms with Crippen molar-refractivity contribution in [1.82, 2.24) is 5.48 Å². The first-order valence-corrected chi connectivity index (χ1v) is 10.2. The lowest BCUT2D eigenvalue weighted by molar-refractivity contribution is -0.129. The van der Waals surface area contributed by atoms with Gasteiger partial charge in [-0.2, -0.15) is 0 Å². The monoisotopic (exact) mass is 394 g/mol. The highest BCUT2D eigenvalue weighted by atomic mass is 32.2. The Morgan fingerprint density at radius 2 is 1.57 bits per heavy atom. The Hall–Kier alpha value is -3.16. The van der Waals surface area contributed by atoms with Crippen LogP contribution in [0, 0.1) is 0 Å². The molecule has 1 aliphatic rings. The number of hydroxylamine groups is 1. The Morgan fingerprint density at radius 1 is 0.929 bits per heavy atom. The van der Waals surface area contributed by atoms with E-state index < -0.39 is 22.0 Å². The number of nitrogens with one attached hydrogen (secondary N) is 1. The summed E-state index contributed by atoms with van der Waals surface area (Å²) < 4.78 is 27.7. The van der Waals surface area contributed by atoms with Gasteiger partial charge in [0.2, 0.25) is 5.91 Å². The van der Waals surface area contributed by atoms with E-state index in [1.165, 1.54) is 4.31 Å². The Morgan fingerprint density at radius 3 is 2.21 bits per heavy atom. The molecule has 142 valence electrons. The summed E-state index contributed by atoms with van der Waals surface area (Å²) in [5.74, 6) is -0.654. The summed E-state index contributed by atoms with van der Waals surface area (Å²) in [5, 5.41) is 9.00. The smallest absolute Gasteiger partial charge is 0.265 e. The molecule has 0 aliphatic carbocycles. The molecular weight excluding hydrogens is 376 g/mol. The minimum absolute atomic E-state index is 0.173. The van der Waals surface area contributed by atoms with Gasteiger partial charge in [0, 0.05) is 0 Å². The molecule has 1 atom stereocenters. The molecule has 0 saturated heterocycles. The van der Waals surface area contributed by atoms with Crippen molar-refractivity contribution >= 4 is 21.6 Å². The van der Waals surface area contributed by atoms with Gasteiger partial charge in [-0.3, -0.25) is 14.3 Å². The Balaban J connectivity index is 1.89. The van der Waals surface area contributed by atoms with E-state index in [0.717, 1.165) is 11.1 Å². The first kappa shape index (κ1) is 18.2. The third-order valence-corrected chi connectivity index (χ3v) is 6.72. The lowest BCUT2D eigenvalue weighted by atomic mass is 9.97. The molecule has 6 nitrogen and oxygen atoms in total. The van der Waals surface area contributed by atoms with Crippen LogP contribution in [0.2, 0.25) is 0 Å². The lowest BCUT2D eigenvalue weighted by Gasteiger charge is -2.25. The van der Waals surface area contributed by atoms with Crippen molar-refractivity contribution in [1.29, 1.82) is 0 Å². The number of hydrogen-bond acceptors (Lipinski definition) is 4. The maximum atomic E-state index is 13.2. The molecule has 0 fully saturated rings. The molecule has 1 amide bonds. The fraction of sp³-hybridized carbons (Fsp3) is 0.0952. The average Bonchev–Trinajstić information content (AvgIpc) is 2.95. The topological polar surface area (TPSA) is 86.7 Å². The predicted molar refractivity (Wildman–Crippen MR) is 105 cm³/mol. The molecule has 7 heteroatoms. The second-order valence-electron chi connectivity index (χ2n) is 6.51. The van der Waals surface area contributed by atoms with Gasteiger partial charge in [0.05, 0.1) is 23.0 Å². The van der Waals surface area contributed by atoms with Crippen molar-refractivity contribution in [3.8, 4) is 11.1 Å². The molecule has 1 heterocycles. The zero-order valence-corrected chi connectivity index (χ0v) is 15.6. The molecule has 3 aromatic carbocycles. The maximum Gasteiger partial charge on any atom is 0.265 e. The molecule has 28 heavy (non-hydrogen) atoms. The minimum atomic E-state index is -3.83. The van der Waals surface area contributed by atoms with Crippen LogP contribution in [0.5, 0.6) is 0 Å². The molecule has 2 N–H and O–H groups in total. The van der Waals surface area contributed by atoms with E-state index in [-0.39, 0.29) is 11.3 Å². The van der Waals surface area contributed by atoms with Crippen LogP contribution >= 0.6 is 0 Å². The number of carbonyl (C=O) groups excluding carboxylic acids is 1. The SMILES string of the molecule is O=C(CC1c2cc(-c3ccccc3)ccc2S(=O)(=O)N1c1ccccc1)NO. The first-order chi connectivity index (χ1) is 13.5. The van der Waals surface area contributed by atoms with Crippen LogP contribution in [-0.2, 0) is 14.8 Å². The van der Waals surface area contributed by atoms with Gasteiger partial charge in [-0.25, -0.2) is 13.9 Å². The van der Waals surface area contributed by atoms with Gasteiger partial charge >= 0.3 is 0 Å². The summed E-state index contributed by atoms with van der Waals surface area (Å²) in [6.07, 6.45) is -0.199. The van der Waals surface area contributed by atoms with E-state index in [9.17, 15) is 13.2 Å². The van der Waals surface area contributed by atoms with Crippen molar-refractivity contribution in [3.05, 3.63) is 84.4 Å². The number of benzene rings is 3. The molecular formula is C21H18N2O4S. The van der Waals surface area contributed by atoms with Gasteiger partial charge in [-0.15, -0.1) is 0 Å². The van der Waals surface area contributed by atoms with Crippen molar-refractivity contribution in [2.45, 2.75) is 17.4 Å². The third-order valence-electron chi connectivity index (χ3n) is 4.81. The summed E-state index contributed by atoms with van der Waals surface area (Å²) in [6, 6.07) is 22.7. The molecule has 0 aromatic heterocycles. The fourth-order valence-electron chi connectivity index (χ4n) is 3.56. The summed E-state index contributed by atoms with van der Waals surface area (Å²) in [6.45, 7) is 0. The molecule has 4 rings (SSSR count). The Bertz CT molecular complexity index is 1120. The van der Waals surface area contributed by atoms with Gasteiger partial charge in [0.1, 0.15) is 0 Å². The number of anilines is 1. The number of hydrogen-bond donors (Lipinski definition) is 2. The number of sulfonamides is 1. The normalized spacial score (nSPS) is 17.2. The van der Waals surface area contributed by atoms with E-state index in [0.29, 0.717) is 11.3 Å². The van der Waals surface area contributed by atoms with Crippen molar-refractivity contribution in [3.63, 3.8) is 0 Å². The zero-order valence-electron chi connectivity index (χ0n) is 14.8. The number of amides is 1. The van der Waals surface area contributed by atoms with Gasteiger partial charge in [0.25, 0.3) is 10.0 Å². The molecule has 0 radical (unpaired) electrons. The first-order valence-electron chi connectivity index (χ1n) is 8.74. The molecule has 1 aliphatic heterocycles. The Labute approximate surface area is 163 Å². The number of carbonyl (C=O) groups is 1. The highest BCUT2D eigenvalue weighted by Gasteiger charge is 2.43. The van der Waals surface area contributed by atoms with E-state index in [1.54, 1.807) is 54.0 Å². The summed E-state index contributed by atoms with van der Waals surface area (Å²) in [4.78, 5) is 12.1. The second kappa shape index (κ2) is 7.10. The predicted octanol–water partition coefficient (Wildman–Crippen LogP) is 3.50. The van der Waals surface area contributed by atoms with Crippen LogP contribution < -0.4 is 9.79 Å². The molecule has 0 bridgehead atoms. The van der Waals surface area contributed by atoms with Crippen LogP contribution in [0.3, 0.4) is 0 Å². The van der Waals surface area contributed by atoms with E-state index in [2.05, 4.69) is 0 Å². The van der Waals surface area contributed by atoms with Crippen LogP contribution in [0.1, 0.15) is 18.0 Å². The van der Waals surface area contributed by atoms with Gasteiger partial charge < -0.3 is 0 Å². The van der Waals surface area contributed by atoms with Gasteiger partial charge in [-0.1, -0.05) is 54.6 Å². The third kappa shape index (κ3) is 3.04. The van der Waals surface area contributed by atoms with E-state index in [1.807, 2.05) is 30.3 Å². The maximum absolute atomic E-state index is 13.2. The summed E-state index contributed by atoms with van der Waals surface area (Å²) >= 11 is 0. The van der Waals surface area contributed by atoms with Crippen molar-refractivity contribution in [2.75, 3.05) is 4.31 Å². The van der Waals surface area contributed by atoms with Crippen LogP contribution in [0.25, 0.3) is 11.1 Å².